The Morgan fingerprint density at radius 3 is 2.44 bits per heavy atom. The highest BCUT2D eigenvalue weighted by Gasteiger charge is 2.23. The highest BCUT2D eigenvalue weighted by molar-refractivity contribution is 6.04. The first kappa shape index (κ1) is 14.2. The lowest BCUT2D eigenvalue weighted by molar-refractivity contribution is -0.608. The summed E-state index contributed by atoms with van der Waals surface area (Å²) in [7, 11) is 0. The zero-order valence-corrected chi connectivity index (χ0v) is 11.0. The van der Waals surface area contributed by atoms with Gasteiger partial charge in [-0.15, -0.1) is 0 Å². The Bertz CT molecular complexity index is 474. The second-order valence-electron chi connectivity index (χ2n) is 5.10. The van der Waals surface area contributed by atoms with E-state index in [2.05, 4.69) is 0 Å². The molecule has 0 saturated heterocycles. The number of nitrogens with zero attached hydrogens (tertiary/aromatic N) is 1. The average Bonchev–Trinajstić information content (AvgIpc) is 2.13. The third-order valence-corrected chi connectivity index (χ3v) is 2.07. The van der Waals surface area contributed by atoms with Crippen molar-refractivity contribution in [3.8, 4) is 0 Å². The number of hydrogen-bond donors (Lipinski definition) is 0. The molecule has 5 nitrogen and oxygen atoms in total. The molecule has 0 bridgehead atoms. The van der Waals surface area contributed by atoms with Gasteiger partial charge in [-0.1, -0.05) is 0 Å². The Morgan fingerprint density at radius 2 is 1.94 bits per heavy atom. The highest BCUT2D eigenvalue weighted by Crippen LogP contribution is 2.09. The Kier molecular flexibility index (Phi) is 4.06. The van der Waals surface area contributed by atoms with Crippen molar-refractivity contribution < 1.29 is 19.1 Å². The molecule has 1 heterocycles. The van der Waals surface area contributed by atoms with Gasteiger partial charge in [-0.2, -0.15) is 4.73 Å². The lowest BCUT2D eigenvalue weighted by Crippen LogP contribution is -2.35. The molecule has 0 aliphatic rings. The molecule has 0 aromatic carbocycles. The van der Waals surface area contributed by atoms with Crippen LogP contribution in [0, 0.1) is 12.1 Å². The molecule has 0 unspecified atom stereocenters. The molecule has 1 rings (SSSR count). The molecule has 0 fully saturated rings. The van der Waals surface area contributed by atoms with Crippen molar-refractivity contribution in [2.24, 2.45) is 0 Å². The molecular weight excluding hydrogens is 234 g/mol. The van der Waals surface area contributed by atoms with Crippen LogP contribution < -0.4 is 4.73 Å². The number of aromatic nitrogens is 1. The lowest BCUT2D eigenvalue weighted by Gasteiger charge is -2.18. The maximum absolute atomic E-state index is 11.8. The number of pyridine rings is 1. The van der Waals surface area contributed by atoms with Crippen LogP contribution in [0.5, 0.6) is 0 Å². The van der Waals surface area contributed by atoms with Gasteiger partial charge in [0, 0.05) is 11.6 Å². The summed E-state index contributed by atoms with van der Waals surface area (Å²) in [5, 5.41) is 11.5. The van der Waals surface area contributed by atoms with Crippen LogP contribution in [0.15, 0.2) is 18.3 Å². The van der Waals surface area contributed by atoms with E-state index in [0.29, 0.717) is 4.73 Å². The van der Waals surface area contributed by atoms with Crippen molar-refractivity contribution in [3.63, 3.8) is 0 Å². The number of ether oxygens (including phenoxy) is 1. The molecule has 18 heavy (non-hydrogen) atoms. The first-order valence-corrected chi connectivity index (χ1v) is 5.64. The lowest BCUT2D eigenvalue weighted by atomic mass is 10.1. The van der Waals surface area contributed by atoms with Crippen LogP contribution in [0.2, 0.25) is 0 Å². The second-order valence-corrected chi connectivity index (χ2v) is 5.10. The van der Waals surface area contributed by atoms with Gasteiger partial charge < -0.3 is 9.94 Å². The van der Waals surface area contributed by atoms with Crippen molar-refractivity contribution in [1.29, 1.82) is 0 Å². The van der Waals surface area contributed by atoms with Crippen molar-refractivity contribution in [1.82, 2.24) is 0 Å². The Labute approximate surface area is 106 Å². The fourth-order valence-corrected chi connectivity index (χ4v) is 1.40. The van der Waals surface area contributed by atoms with Crippen molar-refractivity contribution in [3.05, 3.63) is 34.8 Å². The summed E-state index contributed by atoms with van der Waals surface area (Å²) >= 11 is 0. The summed E-state index contributed by atoms with van der Waals surface area (Å²) in [4.78, 5) is 23.2. The highest BCUT2D eigenvalue weighted by atomic mass is 16.6. The van der Waals surface area contributed by atoms with Crippen LogP contribution in [-0.2, 0) is 9.53 Å². The molecule has 98 valence electrons. The molecule has 0 atom stereocenters. The molecule has 5 heteroatoms. The monoisotopic (exact) mass is 251 g/mol. The minimum Gasteiger partial charge on any atom is -0.618 e. The number of carbonyl (C=O) groups excluding carboxylic acids is 2. The molecule has 0 aliphatic heterocycles. The van der Waals surface area contributed by atoms with Crippen LogP contribution in [0.1, 0.15) is 43.2 Å². The summed E-state index contributed by atoms with van der Waals surface area (Å²) in [6, 6.07) is 3.06. The van der Waals surface area contributed by atoms with Crippen LogP contribution in [-0.4, -0.2) is 17.4 Å². The third kappa shape index (κ3) is 4.16. The normalized spacial score (nSPS) is 11.1. The molecule has 0 spiro atoms. The molecule has 0 radical (unpaired) electrons. The predicted octanol–water partition coefficient (Wildman–Crippen LogP) is 1.54. The first-order valence-electron chi connectivity index (χ1n) is 5.64. The number of Topliss-reactive ketones (excluding diaryl/α,β-unsaturated/α-hetero) is 1. The molecule has 1 aromatic heterocycles. The summed E-state index contributed by atoms with van der Waals surface area (Å²) in [5.41, 5.74) is 0.0585. The molecular formula is C13H17NO4. The quantitative estimate of drug-likeness (QED) is 0.268. The molecule has 0 aliphatic carbocycles. The van der Waals surface area contributed by atoms with Gasteiger partial charge in [-0.3, -0.25) is 9.59 Å². The standard InChI is InChI=1S/C13H17NO4/c1-9-5-6-10(14(17)8-9)11(15)7-12(16)18-13(2,3)4/h5-6,8H,7H2,1-4H3. The van der Waals surface area contributed by atoms with E-state index in [4.69, 9.17) is 4.74 Å². The smallest absolute Gasteiger partial charge is 0.314 e. The first-order chi connectivity index (χ1) is 8.19. The summed E-state index contributed by atoms with van der Waals surface area (Å²) in [6.45, 7) is 6.90. The summed E-state index contributed by atoms with van der Waals surface area (Å²) in [6.07, 6.45) is 0.866. The van der Waals surface area contributed by atoms with E-state index in [1.165, 1.54) is 12.3 Å². The van der Waals surface area contributed by atoms with E-state index in [0.717, 1.165) is 5.56 Å². The Morgan fingerprint density at radius 1 is 1.33 bits per heavy atom. The van der Waals surface area contributed by atoms with E-state index in [1.807, 2.05) is 0 Å². The van der Waals surface area contributed by atoms with Crippen LogP contribution in [0.25, 0.3) is 0 Å². The molecule has 0 amide bonds. The van der Waals surface area contributed by atoms with E-state index >= 15 is 0 Å². The van der Waals surface area contributed by atoms with Gasteiger partial charge in [-0.05, 0) is 33.8 Å². The minimum absolute atomic E-state index is 0.0496. The molecule has 0 saturated carbocycles. The van der Waals surface area contributed by atoms with E-state index in [-0.39, 0.29) is 5.69 Å². The zero-order valence-electron chi connectivity index (χ0n) is 11.0. The molecule has 1 aromatic rings. The van der Waals surface area contributed by atoms with Crippen LogP contribution in [0.4, 0.5) is 0 Å². The van der Waals surface area contributed by atoms with Crippen LogP contribution in [0.3, 0.4) is 0 Å². The second kappa shape index (κ2) is 5.16. The van der Waals surface area contributed by atoms with Crippen LogP contribution >= 0.6 is 0 Å². The van der Waals surface area contributed by atoms with E-state index in [9.17, 15) is 14.8 Å². The van der Waals surface area contributed by atoms with Gasteiger partial charge in [0.15, 0.2) is 6.20 Å². The third-order valence-electron chi connectivity index (χ3n) is 2.07. The zero-order chi connectivity index (χ0) is 13.9. The Hall–Kier alpha value is -1.91. The number of ketones is 1. The largest absolute Gasteiger partial charge is 0.618 e. The van der Waals surface area contributed by atoms with Crippen molar-refractivity contribution in [2.45, 2.75) is 39.7 Å². The van der Waals surface area contributed by atoms with Gasteiger partial charge in [-0.25, -0.2) is 0 Å². The number of hydrogen-bond acceptors (Lipinski definition) is 4. The summed E-state index contributed by atoms with van der Waals surface area (Å²) < 4.78 is 5.50. The Balaban J connectivity index is 2.74. The number of aryl methyl sites for hydroxylation is 1. The predicted molar refractivity (Wildman–Crippen MR) is 64.9 cm³/mol. The van der Waals surface area contributed by atoms with Crippen molar-refractivity contribution in [2.75, 3.05) is 0 Å². The van der Waals surface area contributed by atoms with Gasteiger partial charge >= 0.3 is 5.97 Å². The van der Waals surface area contributed by atoms with Crippen molar-refractivity contribution >= 4 is 11.8 Å². The maximum atomic E-state index is 11.8. The average molecular weight is 251 g/mol. The number of esters is 1. The van der Waals surface area contributed by atoms with Gasteiger partial charge in [0.05, 0.1) is 0 Å². The number of carbonyl (C=O) groups is 2. The fraction of sp³-hybridized carbons (Fsp3) is 0.462. The number of rotatable bonds is 3. The SMILES string of the molecule is Cc1ccc(C(=O)CC(=O)OC(C)(C)C)[n+]([O-])c1. The van der Waals surface area contributed by atoms with Gasteiger partial charge in [0.25, 0.3) is 5.69 Å². The van der Waals surface area contributed by atoms with E-state index in [1.54, 1.807) is 33.8 Å². The summed E-state index contributed by atoms with van der Waals surface area (Å²) in [5.74, 6) is -1.17. The fourth-order valence-electron chi connectivity index (χ4n) is 1.40. The van der Waals surface area contributed by atoms with E-state index < -0.39 is 23.8 Å². The topological polar surface area (TPSA) is 70.3 Å². The maximum Gasteiger partial charge on any atom is 0.314 e. The van der Waals surface area contributed by atoms with Gasteiger partial charge in [0.1, 0.15) is 12.0 Å². The van der Waals surface area contributed by atoms with Gasteiger partial charge in [0.2, 0.25) is 5.78 Å². The minimum atomic E-state index is -0.641. The molecule has 0 N–H and O–H groups in total.